The van der Waals surface area contributed by atoms with Gasteiger partial charge >= 0.3 is 0 Å². The molecule has 1 saturated carbocycles. The number of ketones is 1. The van der Waals surface area contributed by atoms with E-state index in [1.165, 1.54) is 24.3 Å². The molecule has 2 N–H and O–H groups in total. The van der Waals surface area contributed by atoms with E-state index in [9.17, 15) is 9.18 Å². The smallest absolute Gasteiger partial charge is 0.185 e. The highest BCUT2D eigenvalue weighted by Gasteiger charge is 2.36. The average Bonchev–Trinajstić information content (AvgIpc) is 2.38. The van der Waals surface area contributed by atoms with Gasteiger partial charge in [0.2, 0.25) is 0 Å². The van der Waals surface area contributed by atoms with Crippen LogP contribution in [0, 0.1) is 11.2 Å². The van der Waals surface area contributed by atoms with E-state index < -0.39 is 0 Å². The fourth-order valence-corrected chi connectivity index (χ4v) is 2.13. The molecule has 6 heteroatoms. The molecule has 0 spiro atoms. The molecule has 0 atom stereocenters. The third-order valence-electron chi connectivity index (χ3n) is 3.08. The normalized spacial score (nSPS) is 22.2. The minimum absolute atomic E-state index is 0.121. The number of hydrogen-bond donors (Lipinski definition) is 2. The van der Waals surface area contributed by atoms with Gasteiger partial charge in [0.15, 0.2) is 11.5 Å². The number of benzene rings is 1. The Morgan fingerprint density at radius 2 is 1.90 bits per heavy atom. The standard InChI is InChI=1S/C14H16FN3O2/c1-14(2)7-11(18-20)13(12(19)8-14)17-16-10-5-3-9(15)4-6-10/h3-6,16,20H,7-8H2,1-2H3/b17-13-,18-11?. The molecule has 5 nitrogen and oxygen atoms in total. The van der Waals surface area contributed by atoms with Crippen molar-refractivity contribution in [2.45, 2.75) is 26.7 Å². The fourth-order valence-electron chi connectivity index (χ4n) is 2.13. The highest BCUT2D eigenvalue weighted by atomic mass is 19.1. The molecule has 106 valence electrons. The molecular weight excluding hydrogens is 261 g/mol. The van der Waals surface area contributed by atoms with Crippen molar-refractivity contribution >= 4 is 22.9 Å². The Hall–Kier alpha value is -2.24. The van der Waals surface area contributed by atoms with Gasteiger partial charge in [-0.05, 0) is 29.7 Å². The molecule has 0 radical (unpaired) electrons. The Morgan fingerprint density at radius 3 is 2.50 bits per heavy atom. The Balaban J connectivity index is 2.20. The van der Waals surface area contributed by atoms with E-state index in [1.807, 2.05) is 13.8 Å². The number of hydrazone groups is 1. The van der Waals surface area contributed by atoms with Crippen molar-refractivity contribution in [3.8, 4) is 0 Å². The number of rotatable bonds is 2. The summed E-state index contributed by atoms with van der Waals surface area (Å²) < 4.78 is 12.8. The van der Waals surface area contributed by atoms with Crippen LogP contribution in [-0.2, 0) is 4.79 Å². The second-order valence-corrected chi connectivity index (χ2v) is 5.57. The summed E-state index contributed by atoms with van der Waals surface area (Å²) in [7, 11) is 0. The molecule has 1 aromatic carbocycles. The Morgan fingerprint density at radius 1 is 1.25 bits per heavy atom. The average molecular weight is 277 g/mol. The van der Waals surface area contributed by atoms with E-state index in [1.54, 1.807) is 0 Å². The summed E-state index contributed by atoms with van der Waals surface area (Å²) in [5.41, 5.74) is 3.37. The minimum atomic E-state index is -0.351. The molecule has 0 heterocycles. The first kappa shape index (κ1) is 14.2. The maximum absolute atomic E-state index is 12.8. The number of halogens is 1. The molecule has 0 unspecified atom stereocenters. The van der Waals surface area contributed by atoms with Crippen LogP contribution in [0.25, 0.3) is 0 Å². The van der Waals surface area contributed by atoms with E-state index in [4.69, 9.17) is 5.21 Å². The highest BCUT2D eigenvalue weighted by Crippen LogP contribution is 2.31. The lowest BCUT2D eigenvalue weighted by molar-refractivity contribution is -0.114. The number of carbonyl (C=O) groups excluding carboxylic acids is 1. The first-order valence-corrected chi connectivity index (χ1v) is 6.25. The predicted molar refractivity (Wildman–Crippen MR) is 74.7 cm³/mol. The number of carbonyl (C=O) groups is 1. The van der Waals surface area contributed by atoms with Gasteiger partial charge in [-0.1, -0.05) is 19.0 Å². The third kappa shape index (κ3) is 3.20. The van der Waals surface area contributed by atoms with Crippen LogP contribution < -0.4 is 5.43 Å². The van der Waals surface area contributed by atoms with Crippen LogP contribution >= 0.6 is 0 Å². The largest absolute Gasteiger partial charge is 0.411 e. The summed E-state index contributed by atoms with van der Waals surface area (Å²) in [6, 6.07) is 5.59. The maximum atomic E-state index is 12.8. The van der Waals surface area contributed by atoms with Gasteiger partial charge in [-0.3, -0.25) is 10.2 Å². The summed E-state index contributed by atoms with van der Waals surface area (Å²) >= 11 is 0. The zero-order valence-corrected chi connectivity index (χ0v) is 11.4. The maximum Gasteiger partial charge on any atom is 0.185 e. The summed E-state index contributed by atoms with van der Waals surface area (Å²) in [6.45, 7) is 3.86. The lowest BCUT2D eigenvalue weighted by atomic mass is 9.75. The van der Waals surface area contributed by atoms with Gasteiger partial charge < -0.3 is 5.21 Å². The van der Waals surface area contributed by atoms with Crippen molar-refractivity contribution in [1.29, 1.82) is 0 Å². The molecule has 0 saturated heterocycles. The number of anilines is 1. The number of nitrogens with zero attached hydrogens (tertiary/aromatic N) is 2. The molecule has 1 aliphatic carbocycles. The number of Topliss-reactive ketones (excluding diaryl/α,β-unsaturated/α-hetero) is 1. The van der Waals surface area contributed by atoms with Crippen molar-refractivity contribution in [2.75, 3.05) is 5.43 Å². The first-order valence-electron chi connectivity index (χ1n) is 6.25. The van der Waals surface area contributed by atoms with Crippen molar-refractivity contribution in [2.24, 2.45) is 15.7 Å². The molecule has 0 amide bonds. The Kier molecular flexibility index (Phi) is 3.83. The molecule has 0 aromatic heterocycles. The summed E-state index contributed by atoms with van der Waals surface area (Å²) in [6.07, 6.45) is 0.815. The molecule has 1 fully saturated rings. The first-order chi connectivity index (χ1) is 9.41. The second kappa shape index (κ2) is 5.40. The Bertz CT molecular complexity index is 577. The van der Waals surface area contributed by atoms with Crippen LogP contribution in [0.5, 0.6) is 0 Å². The topological polar surface area (TPSA) is 74.0 Å². The van der Waals surface area contributed by atoms with Gasteiger partial charge in [-0.25, -0.2) is 4.39 Å². The van der Waals surface area contributed by atoms with Crippen LogP contribution in [0.15, 0.2) is 34.5 Å². The molecular formula is C14H16FN3O2. The zero-order chi connectivity index (χ0) is 14.8. The monoisotopic (exact) mass is 277 g/mol. The number of nitrogens with one attached hydrogen (secondary N) is 1. The number of hydrogen-bond acceptors (Lipinski definition) is 5. The van der Waals surface area contributed by atoms with Crippen LogP contribution in [-0.4, -0.2) is 22.4 Å². The number of oxime groups is 1. The lowest BCUT2D eigenvalue weighted by Crippen LogP contribution is -2.38. The van der Waals surface area contributed by atoms with Crippen LogP contribution in [0.4, 0.5) is 10.1 Å². The summed E-state index contributed by atoms with van der Waals surface area (Å²) in [5.74, 6) is -0.528. The summed E-state index contributed by atoms with van der Waals surface area (Å²) in [5, 5.41) is 16.2. The Labute approximate surface area is 116 Å². The van der Waals surface area contributed by atoms with E-state index in [2.05, 4.69) is 15.7 Å². The van der Waals surface area contributed by atoms with E-state index in [0.717, 1.165) is 0 Å². The van der Waals surface area contributed by atoms with Crippen LogP contribution in [0.2, 0.25) is 0 Å². The van der Waals surface area contributed by atoms with Gasteiger partial charge in [0.1, 0.15) is 11.5 Å². The van der Waals surface area contributed by atoms with Crippen molar-refractivity contribution in [3.05, 3.63) is 30.1 Å². The summed E-state index contributed by atoms with van der Waals surface area (Å²) in [4.78, 5) is 12.0. The van der Waals surface area contributed by atoms with E-state index in [-0.39, 0.29) is 28.4 Å². The van der Waals surface area contributed by atoms with Crippen molar-refractivity contribution in [1.82, 2.24) is 0 Å². The predicted octanol–water partition coefficient (Wildman–Crippen LogP) is 2.81. The van der Waals surface area contributed by atoms with Crippen molar-refractivity contribution < 1.29 is 14.4 Å². The van der Waals surface area contributed by atoms with Crippen LogP contribution in [0.1, 0.15) is 26.7 Å². The van der Waals surface area contributed by atoms with Gasteiger partial charge in [-0.2, -0.15) is 5.10 Å². The van der Waals surface area contributed by atoms with Gasteiger partial charge in [-0.15, -0.1) is 0 Å². The molecule has 1 aromatic rings. The van der Waals surface area contributed by atoms with E-state index >= 15 is 0 Å². The van der Waals surface area contributed by atoms with Gasteiger partial charge in [0, 0.05) is 12.8 Å². The van der Waals surface area contributed by atoms with Gasteiger partial charge in [0.05, 0.1) is 5.69 Å². The SMILES string of the molecule is CC1(C)CC(=O)/C(=N\Nc2ccc(F)cc2)C(=NO)C1. The van der Waals surface area contributed by atoms with Crippen molar-refractivity contribution in [3.63, 3.8) is 0 Å². The van der Waals surface area contributed by atoms with Gasteiger partial charge in [0.25, 0.3) is 0 Å². The lowest BCUT2D eigenvalue weighted by Gasteiger charge is -2.29. The fraction of sp³-hybridized carbons (Fsp3) is 0.357. The third-order valence-corrected chi connectivity index (χ3v) is 3.08. The quantitative estimate of drug-likeness (QED) is 0.644. The molecule has 0 aliphatic heterocycles. The van der Waals surface area contributed by atoms with E-state index in [0.29, 0.717) is 18.5 Å². The molecule has 1 aliphatic rings. The zero-order valence-electron chi connectivity index (χ0n) is 11.4. The van der Waals surface area contributed by atoms with Crippen LogP contribution in [0.3, 0.4) is 0 Å². The minimum Gasteiger partial charge on any atom is -0.411 e. The molecule has 20 heavy (non-hydrogen) atoms. The molecule has 0 bridgehead atoms. The highest BCUT2D eigenvalue weighted by molar-refractivity contribution is 6.68. The second-order valence-electron chi connectivity index (χ2n) is 5.57. The molecule has 2 rings (SSSR count).